The molecule has 0 radical (unpaired) electrons. The molecular formula is C16H28ClN3O2. The molecule has 4 N–H and O–H groups in total. The van der Waals surface area contributed by atoms with E-state index in [1.165, 1.54) is 12.8 Å². The maximum absolute atomic E-state index is 12.2. The SMILES string of the molecule is Cl.NC(=O)C1CCCC(NC(=O)CC2CC3CCC(C2)N3)C1. The van der Waals surface area contributed by atoms with Gasteiger partial charge in [0, 0.05) is 30.5 Å². The number of halogens is 1. The first-order valence-electron chi connectivity index (χ1n) is 8.45. The Labute approximate surface area is 138 Å². The van der Waals surface area contributed by atoms with Gasteiger partial charge in [-0.25, -0.2) is 0 Å². The standard InChI is InChI=1S/C16H27N3O2.ClH/c17-16(21)11-2-1-3-12(9-11)19-15(20)8-10-6-13-4-5-14(7-10)18-13;/h10-14,18H,1-9H2,(H2,17,21)(H,19,20);1H. The Morgan fingerprint density at radius 2 is 1.73 bits per heavy atom. The van der Waals surface area contributed by atoms with Crippen molar-refractivity contribution >= 4 is 24.2 Å². The highest BCUT2D eigenvalue weighted by Gasteiger charge is 2.34. The molecule has 0 aromatic carbocycles. The second kappa shape index (κ2) is 7.64. The number of nitrogens with two attached hydrogens (primary N) is 1. The lowest BCUT2D eigenvalue weighted by molar-refractivity contribution is -0.126. The zero-order valence-corrected chi connectivity index (χ0v) is 13.9. The zero-order chi connectivity index (χ0) is 14.8. The van der Waals surface area contributed by atoms with Gasteiger partial charge in [-0.15, -0.1) is 12.4 Å². The van der Waals surface area contributed by atoms with Gasteiger partial charge in [-0.3, -0.25) is 9.59 Å². The highest BCUT2D eigenvalue weighted by Crippen LogP contribution is 2.32. The lowest BCUT2D eigenvalue weighted by Gasteiger charge is -2.31. The summed E-state index contributed by atoms with van der Waals surface area (Å²) in [6, 6.07) is 1.41. The normalized spacial score (nSPS) is 37.2. The van der Waals surface area contributed by atoms with Gasteiger partial charge in [0.2, 0.25) is 11.8 Å². The molecule has 3 fully saturated rings. The smallest absolute Gasteiger partial charge is 0.220 e. The number of primary amides is 1. The molecule has 6 heteroatoms. The lowest BCUT2D eigenvalue weighted by Crippen LogP contribution is -2.43. The molecule has 2 saturated heterocycles. The van der Waals surface area contributed by atoms with Crippen LogP contribution in [0.3, 0.4) is 0 Å². The summed E-state index contributed by atoms with van der Waals surface area (Å²) in [5, 5.41) is 6.74. The fourth-order valence-corrected chi connectivity index (χ4v) is 4.47. The van der Waals surface area contributed by atoms with Gasteiger partial charge in [-0.2, -0.15) is 0 Å². The van der Waals surface area contributed by atoms with E-state index in [0.717, 1.165) is 38.5 Å². The van der Waals surface area contributed by atoms with Crippen molar-refractivity contribution in [1.29, 1.82) is 0 Å². The number of fused-ring (bicyclic) bond motifs is 2. The van der Waals surface area contributed by atoms with Gasteiger partial charge in [0.1, 0.15) is 0 Å². The Hall–Kier alpha value is -0.810. The lowest BCUT2D eigenvalue weighted by atomic mass is 9.84. The van der Waals surface area contributed by atoms with Crippen LogP contribution in [0.15, 0.2) is 0 Å². The molecule has 0 aromatic rings. The van der Waals surface area contributed by atoms with Crippen LogP contribution in [0.2, 0.25) is 0 Å². The van der Waals surface area contributed by atoms with Crippen LogP contribution in [0.5, 0.6) is 0 Å². The number of carbonyl (C=O) groups excluding carboxylic acids is 2. The summed E-state index contributed by atoms with van der Waals surface area (Å²) < 4.78 is 0. The molecule has 0 aromatic heterocycles. The van der Waals surface area contributed by atoms with Crippen LogP contribution in [-0.2, 0) is 9.59 Å². The summed E-state index contributed by atoms with van der Waals surface area (Å²) in [6.07, 6.45) is 9.02. The molecule has 0 spiro atoms. The molecule has 5 nitrogen and oxygen atoms in total. The molecule has 2 aliphatic heterocycles. The molecule has 4 atom stereocenters. The number of hydrogen-bond acceptors (Lipinski definition) is 3. The monoisotopic (exact) mass is 329 g/mol. The summed E-state index contributed by atoms with van der Waals surface area (Å²) in [5.41, 5.74) is 5.39. The van der Waals surface area contributed by atoms with Gasteiger partial charge in [0.25, 0.3) is 0 Å². The predicted molar refractivity (Wildman–Crippen MR) is 87.6 cm³/mol. The fourth-order valence-electron chi connectivity index (χ4n) is 4.47. The molecule has 2 bridgehead atoms. The quantitative estimate of drug-likeness (QED) is 0.730. The number of nitrogens with one attached hydrogen (secondary N) is 2. The Morgan fingerprint density at radius 1 is 1.05 bits per heavy atom. The second-order valence-corrected chi connectivity index (χ2v) is 7.21. The highest BCUT2D eigenvalue weighted by molar-refractivity contribution is 5.85. The van der Waals surface area contributed by atoms with Crippen molar-refractivity contribution in [3.05, 3.63) is 0 Å². The maximum atomic E-state index is 12.2. The van der Waals surface area contributed by atoms with Gasteiger partial charge in [0.15, 0.2) is 0 Å². The Kier molecular flexibility index (Phi) is 6.09. The number of piperidine rings is 1. The Bertz CT molecular complexity index is 406. The Balaban J connectivity index is 0.00000176. The largest absolute Gasteiger partial charge is 0.369 e. The average molecular weight is 330 g/mol. The third-order valence-electron chi connectivity index (χ3n) is 5.49. The van der Waals surface area contributed by atoms with Crippen LogP contribution < -0.4 is 16.4 Å². The van der Waals surface area contributed by atoms with Gasteiger partial charge >= 0.3 is 0 Å². The molecular weight excluding hydrogens is 302 g/mol. The van der Waals surface area contributed by atoms with Crippen LogP contribution in [0.4, 0.5) is 0 Å². The third-order valence-corrected chi connectivity index (χ3v) is 5.49. The molecule has 3 aliphatic rings. The Morgan fingerprint density at radius 3 is 2.36 bits per heavy atom. The second-order valence-electron chi connectivity index (χ2n) is 7.21. The molecule has 3 rings (SSSR count). The van der Waals surface area contributed by atoms with Crippen LogP contribution in [-0.4, -0.2) is 29.9 Å². The summed E-state index contributed by atoms with van der Waals surface area (Å²) in [7, 11) is 0. The molecule has 1 saturated carbocycles. The summed E-state index contributed by atoms with van der Waals surface area (Å²) in [6.45, 7) is 0. The summed E-state index contributed by atoms with van der Waals surface area (Å²) in [5.74, 6) is 0.415. The van der Waals surface area contributed by atoms with Crippen LogP contribution in [0, 0.1) is 11.8 Å². The number of hydrogen-bond donors (Lipinski definition) is 3. The van der Waals surface area contributed by atoms with Gasteiger partial charge in [0.05, 0.1) is 0 Å². The van der Waals surface area contributed by atoms with E-state index in [9.17, 15) is 9.59 Å². The molecule has 4 unspecified atom stereocenters. The van der Waals surface area contributed by atoms with Crippen molar-refractivity contribution in [3.63, 3.8) is 0 Å². The first-order valence-corrected chi connectivity index (χ1v) is 8.45. The third kappa shape index (κ3) is 4.35. The number of rotatable bonds is 4. The predicted octanol–water partition coefficient (Wildman–Crippen LogP) is 1.49. The molecule has 126 valence electrons. The minimum atomic E-state index is -0.219. The highest BCUT2D eigenvalue weighted by atomic mass is 35.5. The van der Waals surface area contributed by atoms with Crippen molar-refractivity contribution in [2.45, 2.75) is 75.9 Å². The van der Waals surface area contributed by atoms with E-state index in [2.05, 4.69) is 10.6 Å². The summed E-state index contributed by atoms with van der Waals surface area (Å²) >= 11 is 0. The first kappa shape index (κ1) is 17.5. The minimum Gasteiger partial charge on any atom is -0.369 e. The minimum absolute atomic E-state index is 0. The van der Waals surface area contributed by atoms with Crippen LogP contribution in [0.1, 0.15) is 57.8 Å². The van der Waals surface area contributed by atoms with Gasteiger partial charge in [-0.1, -0.05) is 6.42 Å². The fraction of sp³-hybridized carbons (Fsp3) is 0.875. The van der Waals surface area contributed by atoms with Crippen molar-refractivity contribution in [1.82, 2.24) is 10.6 Å². The topological polar surface area (TPSA) is 84.2 Å². The van der Waals surface area contributed by atoms with E-state index in [1.807, 2.05) is 0 Å². The van der Waals surface area contributed by atoms with E-state index in [-0.39, 0.29) is 36.2 Å². The van der Waals surface area contributed by atoms with Crippen molar-refractivity contribution < 1.29 is 9.59 Å². The van der Waals surface area contributed by atoms with Crippen molar-refractivity contribution in [3.8, 4) is 0 Å². The van der Waals surface area contributed by atoms with Crippen molar-refractivity contribution in [2.24, 2.45) is 17.6 Å². The number of carbonyl (C=O) groups is 2. The van der Waals surface area contributed by atoms with Crippen molar-refractivity contribution in [2.75, 3.05) is 0 Å². The molecule has 22 heavy (non-hydrogen) atoms. The van der Waals surface area contributed by atoms with Gasteiger partial charge < -0.3 is 16.4 Å². The average Bonchev–Trinajstić information content (AvgIpc) is 2.78. The van der Waals surface area contributed by atoms with E-state index in [4.69, 9.17) is 5.73 Å². The van der Waals surface area contributed by atoms with E-state index in [1.54, 1.807) is 0 Å². The molecule has 1 aliphatic carbocycles. The number of amides is 2. The molecule has 2 amide bonds. The van der Waals surface area contributed by atoms with Crippen LogP contribution in [0.25, 0.3) is 0 Å². The van der Waals surface area contributed by atoms with E-state index >= 15 is 0 Å². The van der Waals surface area contributed by atoms with E-state index < -0.39 is 0 Å². The maximum Gasteiger partial charge on any atom is 0.220 e. The van der Waals surface area contributed by atoms with E-state index in [0.29, 0.717) is 24.4 Å². The molecule has 2 heterocycles. The zero-order valence-electron chi connectivity index (χ0n) is 13.1. The van der Waals surface area contributed by atoms with Crippen LogP contribution >= 0.6 is 12.4 Å². The summed E-state index contributed by atoms with van der Waals surface area (Å²) in [4.78, 5) is 23.5. The van der Waals surface area contributed by atoms with Gasteiger partial charge in [-0.05, 0) is 50.9 Å². The first-order chi connectivity index (χ1) is 10.1.